The zero-order valence-electron chi connectivity index (χ0n) is 17.3. The number of ether oxygens (including phenoxy) is 1. The summed E-state index contributed by atoms with van der Waals surface area (Å²) in [7, 11) is 1.70. The fourth-order valence-corrected chi connectivity index (χ4v) is 4.13. The summed E-state index contributed by atoms with van der Waals surface area (Å²) in [5, 5.41) is 3.64. The van der Waals surface area contributed by atoms with E-state index in [4.69, 9.17) is 21.3 Å². The molecule has 1 N–H and O–H groups in total. The Balaban J connectivity index is 1.44. The minimum absolute atomic E-state index is 0.0857. The number of hydrogen-bond acceptors (Lipinski definition) is 4. The first-order chi connectivity index (χ1) is 14.6. The highest BCUT2D eigenvalue weighted by Crippen LogP contribution is 2.26. The van der Waals surface area contributed by atoms with E-state index >= 15 is 0 Å². The van der Waals surface area contributed by atoms with Crippen LogP contribution in [0.2, 0.25) is 5.02 Å². The monoisotopic (exact) mass is 427 g/mol. The number of benzene rings is 1. The number of imidazole rings is 1. The van der Waals surface area contributed by atoms with Gasteiger partial charge in [0.15, 0.2) is 5.65 Å². The van der Waals surface area contributed by atoms with Crippen LogP contribution in [0.25, 0.3) is 11.2 Å². The molecule has 7 nitrogen and oxygen atoms in total. The molecule has 0 radical (unpaired) electrons. The van der Waals surface area contributed by atoms with Crippen molar-refractivity contribution in [3.05, 3.63) is 52.9 Å². The van der Waals surface area contributed by atoms with Crippen molar-refractivity contribution in [2.45, 2.75) is 26.3 Å². The molecule has 158 valence electrons. The summed E-state index contributed by atoms with van der Waals surface area (Å²) < 4.78 is 7.40. The second-order valence-electron chi connectivity index (χ2n) is 7.67. The third kappa shape index (κ3) is 4.27. The van der Waals surface area contributed by atoms with Crippen LogP contribution < -0.4 is 5.32 Å². The minimum atomic E-state index is -0.0857. The van der Waals surface area contributed by atoms with Crippen molar-refractivity contribution in [3.8, 4) is 0 Å². The molecule has 1 aliphatic rings. The molecule has 0 spiro atoms. The Morgan fingerprint density at radius 3 is 3.03 bits per heavy atom. The molecule has 1 aromatic carbocycles. The van der Waals surface area contributed by atoms with Crippen LogP contribution in [-0.2, 0) is 17.7 Å². The Labute approximate surface area is 181 Å². The second kappa shape index (κ2) is 9.02. The predicted octanol–water partition coefficient (Wildman–Crippen LogP) is 4.14. The van der Waals surface area contributed by atoms with Crippen LogP contribution in [0.1, 0.15) is 17.8 Å². The largest absolute Gasteiger partial charge is 0.383 e. The maximum Gasteiger partial charge on any atom is 0.321 e. The molecule has 0 bridgehead atoms. The van der Waals surface area contributed by atoms with Gasteiger partial charge in [0.1, 0.15) is 11.3 Å². The topological polar surface area (TPSA) is 72.3 Å². The van der Waals surface area contributed by atoms with Gasteiger partial charge in [-0.3, -0.25) is 0 Å². The predicted molar refractivity (Wildman–Crippen MR) is 118 cm³/mol. The standard InChI is InChI=1S/C22H26ClN5O2/c1-15-17(23)5-3-6-18(15)26-22(29)27-10-8-16(14-27)13-20-25-19-7-4-9-24-21(19)28(20)11-12-30-2/h3-7,9,16H,8,10-14H2,1-2H3,(H,26,29)/t16-/m0/s1. The first-order valence-electron chi connectivity index (χ1n) is 10.2. The Morgan fingerprint density at radius 1 is 1.33 bits per heavy atom. The molecular weight excluding hydrogens is 402 g/mol. The van der Waals surface area contributed by atoms with E-state index in [-0.39, 0.29) is 6.03 Å². The lowest BCUT2D eigenvalue weighted by atomic mass is 10.0. The number of urea groups is 1. The summed E-state index contributed by atoms with van der Waals surface area (Å²) in [6.07, 6.45) is 3.54. The van der Waals surface area contributed by atoms with Gasteiger partial charge in [-0.15, -0.1) is 0 Å². The van der Waals surface area contributed by atoms with Crippen molar-refractivity contribution in [3.63, 3.8) is 0 Å². The number of rotatable bonds is 6. The number of likely N-dealkylation sites (tertiary alicyclic amines) is 1. The third-order valence-corrected chi connectivity index (χ3v) is 6.06. The van der Waals surface area contributed by atoms with Gasteiger partial charge in [-0.05, 0) is 49.1 Å². The maximum atomic E-state index is 12.7. The van der Waals surface area contributed by atoms with Crippen molar-refractivity contribution in [2.75, 3.05) is 32.1 Å². The number of nitrogens with zero attached hydrogens (tertiary/aromatic N) is 4. The number of methoxy groups -OCH3 is 1. The Morgan fingerprint density at radius 2 is 2.20 bits per heavy atom. The molecule has 3 aromatic rings. The number of halogens is 1. The summed E-state index contributed by atoms with van der Waals surface area (Å²) >= 11 is 6.17. The number of nitrogens with one attached hydrogen (secondary N) is 1. The Hall–Kier alpha value is -2.64. The molecule has 1 saturated heterocycles. The lowest BCUT2D eigenvalue weighted by Crippen LogP contribution is -2.33. The molecular formula is C22H26ClN5O2. The lowest BCUT2D eigenvalue weighted by Gasteiger charge is -2.19. The van der Waals surface area contributed by atoms with E-state index in [2.05, 4.69) is 14.9 Å². The normalized spacial score (nSPS) is 16.4. The average molecular weight is 428 g/mol. The van der Waals surface area contributed by atoms with Crippen LogP contribution in [0.5, 0.6) is 0 Å². The number of fused-ring (bicyclic) bond motifs is 1. The van der Waals surface area contributed by atoms with E-state index in [1.807, 2.05) is 42.2 Å². The van der Waals surface area contributed by atoms with Crippen LogP contribution in [0.15, 0.2) is 36.5 Å². The molecule has 2 aromatic heterocycles. The smallest absolute Gasteiger partial charge is 0.321 e. The molecule has 0 aliphatic carbocycles. The van der Waals surface area contributed by atoms with Gasteiger partial charge >= 0.3 is 6.03 Å². The molecule has 0 saturated carbocycles. The number of carbonyl (C=O) groups is 1. The van der Waals surface area contributed by atoms with E-state index in [0.717, 1.165) is 47.6 Å². The number of amides is 2. The fourth-order valence-electron chi connectivity index (χ4n) is 3.96. The highest BCUT2D eigenvalue weighted by molar-refractivity contribution is 6.31. The molecule has 8 heteroatoms. The van der Waals surface area contributed by atoms with Crippen molar-refractivity contribution in [1.29, 1.82) is 0 Å². The van der Waals surface area contributed by atoms with Crippen LogP contribution in [0.4, 0.5) is 10.5 Å². The van der Waals surface area contributed by atoms with Gasteiger partial charge in [0.2, 0.25) is 0 Å². The summed E-state index contributed by atoms with van der Waals surface area (Å²) in [6.45, 7) is 4.65. The third-order valence-electron chi connectivity index (χ3n) is 5.66. The van der Waals surface area contributed by atoms with Gasteiger partial charge in [-0.1, -0.05) is 17.7 Å². The van der Waals surface area contributed by atoms with Gasteiger partial charge < -0.3 is 19.5 Å². The molecule has 3 heterocycles. The lowest BCUT2D eigenvalue weighted by molar-refractivity contribution is 0.187. The Kier molecular flexibility index (Phi) is 6.20. The second-order valence-corrected chi connectivity index (χ2v) is 8.07. The number of pyridine rings is 1. The van der Waals surface area contributed by atoms with Gasteiger partial charge in [-0.25, -0.2) is 14.8 Å². The molecule has 1 aliphatic heterocycles. The molecule has 0 unspecified atom stereocenters. The van der Waals surface area contributed by atoms with E-state index in [1.54, 1.807) is 13.3 Å². The highest BCUT2D eigenvalue weighted by Gasteiger charge is 2.28. The van der Waals surface area contributed by atoms with E-state index in [0.29, 0.717) is 30.6 Å². The van der Waals surface area contributed by atoms with Crippen LogP contribution in [0.3, 0.4) is 0 Å². The van der Waals surface area contributed by atoms with Crippen molar-refractivity contribution < 1.29 is 9.53 Å². The van der Waals surface area contributed by atoms with E-state index < -0.39 is 0 Å². The van der Waals surface area contributed by atoms with Crippen LogP contribution in [-0.4, -0.2) is 52.3 Å². The van der Waals surface area contributed by atoms with Crippen LogP contribution >= 0.6 is 11.6 Å². The van der Waals surface area contributed by atoms with Crippen molar-refractivity contribution in [2.24, 2.45) is 5.92 Å². The first kappa shape index (κ1) is 20.6. The SMILES string of the molecule is COCCn1c(C[C@@H]2CCN(C(=O)Nc3cccc(Cl)c3C)C2)nc2cccnc21. The fraction of sp³-hybridized carbons (Fsp3) is 0.409. The number of hydrogen-bond donors (Lipinski definition) is 1. The minimum Gasteiger partial charge on any atom is -0.383 e. The molecule has 1 atom stereocenters. The van der Waals surface area contributed by atoms with Gasteiger partial charge in [0.05, 0.1) is 6.61 Å². The zero-order valence-corrected chi connectivity index (χ0v) is 18.0. The molecule has 2 amide bonds. The first-order valence-corrected chi connectivity index (χ1v) is 10.5. The number of carbonyl (C=O) groups excluding carboxylic acids is 1. The average Bonchev–Trinajstić information content (AvgIpc) is 3.34. The highest BCUT2D eigenvalue weighted by atomic mass is 35.5. The number of anilines is 1. The van der Waals surface area contributed by atoms with Crippen molar-refractivity contribution >= 4 is 34.5 Å². The van der Waals surface area contributed by atoms with Gasteiger partial charge in [0, 0.05) is 50.1 Å². The summed E-state index contributed by atoms with van der Waals surface area (Å²) in [5.41, 5.74) is 3.41. The van der Waals surface area contributed by atoms with Gasteiger partial charge in [0.25, 0.3) is 0 Å². The van der Waals surface area contributed by atoms with E-state index in [1.165, 1.54) is 0 Å². The maximum absolute atomic E-state index is 12.7. The molecule has 30 heavy (non-hydrogen) atoms. The molecule has 1 fully saturated rings. The zero-order chi connectivity index (χ0) is 21.1. The summed E-state index contributed by atoms with van der Waals surface area (Å²) in [6, 6.07) is 9.34. The quantitative estimate of drug-likeness (QED) is 0.641. The van der Waals surface area contributed by atoms with Crippen LogP contribution in [0, 0.1) is 12.8 Å². The summed E-state index contributed by atoms with van der Waals surface area (Å²) in [5.74, 6) is 1.35. The summed E-state index contributed by atoms with van der Waals surface area (Å²) in [4.78, 5) is 23.9. The Bertz CT molecular complexity index is 1050. The molecule has 4 rings (SSSR count). The number of aromatic nitrogens is 3. The van der Waals surface area contributed by atoms with Crippen molar-refractivity contribution in [1.82, 2.24) is 19.4 Å². The van der Waals surface area contributed by atoms with Gasteiger partial charge in [-0.2, -0.15) is 0 Å². The van der Waals surface area contributed by atoms with E-state index in [9.17, 15) is 4.79 Å².